The number of fused-ring (bicyclic) bond motifs is 1. The number of hydrogen-bond donors (Lipinski definition) is 0. The molecule has 2 aliphatic heterocycles. The molecule has 0 unspecified atom stereocenters. The summed E-state index contributed by atoms with van der Waals surface area (Å²) < 4.78 is 33.9. The molecule has 6 nitrogen and oxygen atoms in total. The predicted molar refractivity (Wildman–Crippen MR) is 81.0 cm³/mol. The Morgan fingerprint density at radius 2 is 2.00 bits per heavy atom. The zero-order valence-corrected chi connectivity index (χ0v) is 12.9. The van der Waals surface area contributed by atoms with Crippen LogP contribution in [-0.4, -0.2) is 41.0 Å². The zero-order chi connectivity index (χ0) is 15.2. The number of para-hydroxylation sites is 1. The highest BCUT2D eigenvalue weighted by Gasteiger charge is 2.39. The molecule has 0 aliphatic carbocycles. The number of sulfonamides is 1. The van der Waals surface area contributed by atoms with Crippen LogP contribution < -0.4 is 0 Å². The van der Waals surface area contributed by atoms with Crippen molar-refractivity contribution in [2.45, 2.75) is 24.8 Å². The molecule has 7 heteroatoms. The molecule has 3 heterocycles. The van der Waals surface area contributed by atoms with Crippen molar-refractivity contribution in [1.29, 1.82) is 0 Å². The summed E-state index contributed by atoms with van der Waals surface area (Å²) in [6, 6.07) is 9.78. The van der Waals surface area contributed by atoms with Gasteiger partial charge >= 0.3 is 0 Å². The molecule has 2 aromatic rings. The fraction of sp³-hybridized carbons (Fsp3) is 0.400. The van der Waals surface area contributed by atoms with Crippen LogP contribution in [0.2, 0.25) is 0 Å². The molecule has 1 atom stereocenters. The molecular formula is C15H17N3O3S. The second kappa shape index (κ2) is 5.19. The molecule has 1 aromatic heterocycles. The van der Waals surface area contributed by atoms with E-state index in [0.717, 1.165) is 16.9 Å². The Bertz CT molecular complexity index is 780. The highest BCUT2D eigenvalue weighted by atomic mass is 32.2. The summed E-state index contributed by atoms with van der Waals surface area (Å²) >= 11 is 0. The van der Waals surface area contributed by atoms with Crippen LogP contribution in [0.5, 0.6) is 0 Å². The smallest absolute Gasteiger partial charge is 0.220 e. The summed E-state index contributed by atoms with van der Waals surface area (Å²) in [7, 11) is -3.31. The molecule has 22 heavy (non-hydrogen) atoms. The standard InChI is InChI=1S/C15H17N3O3S/c19-22(20,14-6-7-21-11-14)17-9-12-8-16-18(15(12)10-17)13-4-2-1-3-5-13/h1-5,8,14H,6-7,9-11H2/t14-/m0/s1. The quantitative estimate of drug-likeness (QED) is 0.855. The average Bonchev–Trinajstić information content (AvgIpc) is 3.24. The average molecular weight is 319 g/mol. The van der Waals surface area contributed by atoms with Crippen LogP contribution >= 0.6 is 0 Å². The van der Waals surface area contributed by atoms with Crippen LogP contribution in [0, 0.1) is 0 Å². The Labute approximate surface area is 129 Å². The monoisotopic (exact) mass is 319 g/mol. The van der Waals surface area contributed by atoms with Crippen molar-refractivity contribution >= 4 is 10.0 Å². The van der Waals surface area contributed by atoms with Gasteiger partial charge in [0.25, 0.3) is 0 Å². The van der Waals surface area contributed by atoms with Gasteiger partial charge in [-0.05, 0) is 18.6 Å². The highest BCUT2D eigenvalue weighted by Crippen LogP contribution is 2.30. The maximum atomic E-state index is 12.7. The third-order valence-electron chi connectivity index (χ3n) is 4.30. The largest absolute Gasteiger partial charge is 0.380 e. The lowest BCUT2D eigenvalue weighted by molar-refractivity contribution is 0.198. The van der Waals surface area contributed by atoms with Gasteiger partial charge < -0.3 is 4.74 Å². The van der Waals surface area contributed by atoms with E-state index in [0.29, 0.717) is 32.7 Å². The third-order valence-corrected chi connectivity index (χ3v) is 6.49. The fourth-order valence-electron chi connectivity index (χ4n) is 3.05. The van der Waals surface area contributed by atoms with Gasteiger partial charge in [0.05, 0.1) is 30.7 Å². The molecule has 0 spiro atoms. The molecular weight excluding hydrogens is 302 g/mol. The highest BCUT2D eigenvalue weighted by molar-refractivity contribution is 7.89. The van der Waals surface area contributed by atoms with Crippen LogP contribution in [0.15, 0.2) is 36.5 Å². The Hall–Kier alpha value is -1.70. The van der Waals surface area contributed by atoms with E-state index in [1.807, 2.05) is 35.0 Å². The van der Waals surface area contributed by atoms with Crippen molar-refractivity contribution in [3.63, 3.8) is 0 Å². The first-order chi connectivity index (χ1) is 10.7. The van der Waals surface area contributed by atoms with Crippen LogP contribution in [0.25, 0.3) is 5.69 Å². The molecule has 2 aliphatic rings. The van der Waals surface area contributed by atoms with E-state index in [9.17, 15) is 8.42 Å². The minimum absolute atomic E-state index is 0.306. The van der Waals surface area contributed by atoms with Crippen molar-refractivity contribution in [1.82, 2.24) is 14.1 Å². The van der Waals surface area contributed by atoms with Gasteiger partial charge in [0.1, 0.15) is 5.25 Å². The molecule has 1 aromatic carbocycles. The predicted octanol–water partition coefficient (Wildman–Crippen LogP) is 1.31. The van der Waals surface area contributed by atoms with Crippen LogP contribution in [-0.2, 0) is 27.8 Å². The Morgan fingerprint density at radius 3 is 2.73 bits per heavy atom. The maximum absolute atomic E-state index is 12.7. The maximum Gasteiger partial charge on any atom is 0.220 e. The Kier molecular flexibility index (Phi) is 3.28. The SMILES string of the molecule is O=S(=O)([C@H]1CCOC1)N1Cc2cnn(-c3ccccc3)c2C1. The topological polar surface area (TPSA) is 64.4 Å². The summed E-state index contributed by atoms with van der Waals surface area (Å²) in [4.78, 5) is 0. The lowest BCUT2D eigenvalue weighted by atomic mass is 10.3. The van der Waals surface area contributed by atoms with E-state index >= 15 is 0 Å². The lowest BCUT2D eigenvalue weighted by Gasteiger charge is -2.20. The van der Waals surface area contributed by atoms with Gasteiger partial charge in [-0.15, -0.1) is 0 Å². The molecule has 0 radical (unpaired) electrons. The normalized spacial score (nSPS) is 22.1. The van der Waals surface area contributed by atoms with Crippen molar-refractivity contribution in [3.8, 4) is 5.69 Å². The lowest BCUT2D eigenvalue weighted by Crippen LogP contribution is -2.36. The fourth-order valence-corrected chi connectivity index (χ4v) is 4.76. The summed E-state index contributed by atoms with van der Waals surface area (Å²) in [5.41, 5.74) is 2.88. The van der Waals surface area contributed by atoms with Crippen LogP contribution in [0.4, 0.5) is 0 Å². The second-order valence-corrected chi connectivity index (χ2v) is 7.88. The van der Waals surface area contributed by atoms with E-state index in [1.165, 1.54) is 0 Å². The van der Waals surface area contributed by atoms with Gasteiger partial charge in [0, 0.05) is 18.7 Å². The van der Waals surface area contributed by atoms with E-state index in [2.05, 4.69) is 5.10 Å². The van der Waals surface area contributed by atoms with Crippen molar-refractivity contribution in [2.24, 2.45) is 0 Å². The first-order valence-corrected chi connectivity index (χ1v) is 8.84. The number of rotatable bonds is 3. The van der Waals surface area contributed by atoms with Crippen LogP contribution in [0.1, 0.15) is 17.7 Å². The summed E-state index contributed by atoms with van der Waals surface area (Å²) in [6.45, 7) is 1.62. The molecule has 1 saturated heterocycles. The van der Waals surface area contributed by atoms with Crippen molar-refractivity contribution < 1.29 is 13.2 Å². The minimum atomic E-state index is -3.31. The van der Waals surface area contributed by atoms with Gasteiger partial charge in [-0.2, -0.15) is 9.40 Å². The van der Waals surface area contributed by atoms with Gasteiger partial charge in [-0.3, -0.25) is 0 Å². The number of nitrogens with zero attached hydrogens (tertiary/aromatic N) is 3. The van der Waals surface area contributed by atoms with Crippen molar-refractivity contribution in [3.05, 3.63) is 47.8 Å². The molecule has 1 fully saturated rings. The molecule has 4 rings (SSSR count). The van der Waals surface area contributed by atoms with E-state index in [1.54, 1.807) is 10.5 Å². The first-order valence-electron chi connectivity index (χ1n) is 7.34. The molecule has 0 bridgehead atoms. The number of ether oxygens (including phenoxy) is 1. The van der Waals surface area contributed by atoms with Crippen LogP contribution in [0.3, 0.4) is 0 Å². The molecule has 0 N–H and O–H groups in total. The summed E-state index contributed by atoms with van der Waals surface area (Å²) in [5, 5.41) is 3.98. The Morgan fingerprint density at radius 1 is 1.18 bits per heavy atom. The van der Waals surface area contributed by atoms with Crippen molar-refractivity contribution in [2.75, 3.05) is 13.2 Å². The second-order valence-electron chi connectivity index (χ2n) is 5.66. The third kappa shape index (κ3) is 2.16. The summed E-state index contributed by atoms with van der Waals surface area (Å²) in [6.07, 6.45) is 2.35. The van der Waals surface area contributed by atoms with E-state index < -0.39 is 15.3 Å². The molecule has 0 amide bonds. The van der Waals surface area contributed by atoms with Gasteiger partial charge in [-0.1, -0.05) is 18.2 Å². The zero-order valence-electron chi connectivity index (χ0n) is 12.1. The minimum Gasteiger partial charge on any atom is -0.380 e. The van der Waals surface area contributed by atoms with Gasteiger partial charge in [0.2, 0.25) is 10.0 Å². The van der Waals surface area contributed by atoms with Gasteiger partial charge in [0.15, 0.2) is 0 Å². The summed E-state index contributed by atoms with van der Waals surface area (Å²) in [5.74, 6) is 0. The first kappa shape index (κ1) is 13.9. The number of aromatic nitrogens is 2. The Balaban J connectivity index is 1.63. The number of benzene rings is 1. The molecule has 116 valence electrons. The molecule has 0 saturated carbocycles. The van der Waals surface area contributed by atoms with E-state index in [-0.39, 0.29) is 0 Å². The van der Waals surface area contributed by atoms with E-state index in [4.69, 9.17) is 4.74 Å². The number of hydrogen-bond acceptors (Lipinski definition) is 4. The van der Waals surface area contributed by atoms with Gasteiger partial charge in [-0.25, -0.2) is 13.1 Å².